The van der Waals surface area contributed by atoms with E-state index in [2.05, 4.69) is 16.4 Å². The van der Waals surface area contributed by atoms with Gasteiger partial charge in [0.25, 0.3) is 0 Å². The van der Waals surface area contributed by atoms with Gasteiger partial charge in [0.1, 0.15) is 0 Å². The van der Waals surface area contributed by atoms with Crippen molar-refractivity contribution in [2.75, 3.05) is 11.1 Å². The highest BCUT2D eigenvalue weighted by molar-refractivity contribution is 6.31. The van der Waals surface area contributed by atoms with Crippen LogP contribution in [0.15, 0.2) is 109 Å². The van der Waals surface area contributed by atoms with Gasteiger partial charge in [-0.25, -0.2) is 4.79 Å². The average molecular weight is 519 g/mol. The summed E-state index contributed by atoms with van der Waals surface area (Å²) in [5.41, 5.74) is 14.3. The Bertz CT molecular complexity index is 1620. The lowest BCUT2D eigenvalue weighted by Gasteiger charge is -2.12. The molecule has 186 valence electrons. The third kappa shape index (κ3) is 5.72. The summed E-state index contributed by atoms with van der Waals surface area (Å²) >= 11 is 6.19. The van der Waals surface area contributed by atoms with E-state index < -0.39 is 6.09 Å². The third-order valence-electron chi connectivity index (χ3n) is 5.98. The van der Waals surface area contributed by atoms with Crippen LogP contribution in [0.5, 0.6) is 0 Å². The molecule has 1 amide bonds. The minimum Gasteiger partial charge on any atom is -0.465 e. The number of carbonyl (C=O) groups is 1. The SMILES string of the molecule is Nc1ccc(Cl)cc1-c1ccc(/C(=C/c2ccccc2)c2cc(-c3ccc(NC(=O)O)cc3)ccn2)nc1. The molecular weight excluding hydrogens is 496 g/mol. The number of nitrogen functional groups attached to an aromatic ring is 1. The summed E-state index contributed by atoms with van der Waals surface area (Å²) < 4.78 is 0. The van der Waals surface area contributed by atoms with Gasteiger partial charge in [0.05, 0.1) is 11.4 Å². The fraction of sp³-hybridized carbons (Fsp3) is 0. The fourth-order valence-corrected chi connectivity index (χ4v) is 4.29. The topological polar surface area (TPSA) is 101 Å². The van der Waals surface area contributed by atoms with Crippen LogP contribution in [-0.2, 0) is 0 Å². The van der Waals surface area contributed by atoms with Crippen molar-refractivity contribution in [1.29, 1.82) is 0 Å². The molecule has 0 fully saturated rings. The second-order valence-corrected chi connectivity index (χ2v) is 9.01. The van der Waals surface area contributed by atoms with Crippen molar-refractivity contribution in [3.63, 3.8) is 0 Å². The Labute approximate surface area is 225 Å². The molecule has 7 heteroatoms. The number of aromatic nitrogens is 2. The highest BCUT2D eigenvalue weighted by Gasteiger charge is 2.12. The van der Waals surface area contributed by atoms with Gasteiger partial charge in [-0.05, 0) is 71.3 Å². The number of amides is 1. The van der Waals surface area contributed by atoms with Crippen LogP contribution in [0.25, 0.3) is 33.9 Å². The minimum atomic E-state index is -1.10. The van der Waals surface area contributed by atoms with Crippen molar-refractivity contribution < 1.29 is 9.90 Å². The van der Waals surface area contributed by atoms with Crippen LogP contribution in [0.1, 0.15) is 17.0 Å². The first-order valence-electron chi connectivity index (χ1n) is 11.8. The van der Waals surface area contributed by atoms with Crippen molar-refractivity contribution in [3.05, 3.63) is 131 Å². The summed E-state index contributed by atoms with van der Waals surface area (Å²) in [5.74, 6) is 0. The number of hydrogen-bond donors (Lipinski definition) is 3. The molecule has 0 unspecified atom stereocenters. The number of benzene rings is 3. The van der Waals surface area contributed by atoms with Gasteiger partial charge in [-0.3, -0.25) is 15.3 Å². The monoisotopic (exact) mass is 518 g/mol. The number of nitrogens with one attached hydrogen (secondary N) is 1. The van der Waals surface area contributed by atoms with Crippen LogP contribution in [-0.4, -0.2) is 21.2 Å². The summed E-state index contributed by atoms with van der Waals surface area (Å²) in [6, 6.07) is 30.4. The maximum atomic E-state index is 10.9. The maximum Gasteiger partial charge on any atom is 0.409 e. The van der Waals surface area contributed by atoms with Crippen LogP contribution in [0, 0.1) is 0 Å². The molecular formula is C31H23ClN4O2. The molecule has 0 spiro atoms. The lowest BCUT2D eigenvalue weighted by molar-refractivity contribution is 0.209. The van der Waals surface area contributed by atoms with Gasteiger partial charge >= 0.3 is 6.09 Å². The molecule has 0 aliphatic heterocycles. The van der Waals surface area contributed by atoms with Gasteiger partial charge in [-0.2, -0.15) is 0 Å². The molecule has 0 aliphatic rings. The van der Waals surface area contributed by atoms with Gasteiger partial charge in [-0.15, -0.1) is 0 Å². The van der Waals surface area contributed by atoms with E-state index >= 15 is 0 Å². The van der Waals surface area contributed by atoms with Crippen LogP contribution in [0.4, 0.5) is 16.2 Å². The van der Waals surface area contributed by atoms with Crippen molar-refractivity contribution >= 4 is 40.7 Å². The number of halogens is 1. The largest absolute Gasteiger partial charge is 0.465 e. The molecule has 38 heavy (non-hydrogen) atoms. The molecule has 4 N–H and O–H groups in total. The summed E-state index contributed by atoms with van der Waals surface area (Å²) in [6.07, 6.45) is 4.50. The van der Waals surface area contributed by atoms with E-state index in [-0.39, 0.29) is 0 Å². The number of rotatable bonds is 6. The highest BCUT2D eigenvalue weighted by atomic mass is 35.5. The molecule has 5 aromatic rings. The van der Waals surface area contributed by atoms with Crippen molar-refractivity contribution in [2.24, 2.45) is 0 Å². The predicted molar refractivity (Wildman–Crippen MR) is 154 cm³/mol. The standard InChI is InChI=1S/C31H23ClN4O2/c32-24-9-12-28(33)26(18-24)23-8-13-29(35-19-23)27(16-20-4-2-1-3-5-20)30-17-22(14-15-34-30)21-6-10-25(11-7-21)36-31(37)38/h1-19,36H,33H2,(H,37,38)/b27-16-. The summed E-state index contributed by atoms with van der Waals surface area (Å²) in [7, 11) is 0. The zero-order valence-corrected chi connectivity index (χ0v) is 20.9. The molecule has 3 aromatic carbocycles. The van der Waals surface area contributed by atoms with Gasteiger partial charge < -0.3 is 10.8 Å². The molecule has 0 atom stereocenters. The van der Waals surface area contributed by atoms with Crippen LogP contribution >= 0.6 is 11.6 Å². The van der Waals surface area contributed by atoms with E-state index in [9.17, 15) is 4.79 Å². The van der Waals surface area contributed by atoms with Gasteiger partial charge in [0.2, 0.25) is 0 Å². The van der Waals surface area contributed by atoms with Crippen molar-refractivity contribution in [2.45, 2.75) is 0 Å². The summed E-state index contributed by atoms with van der Waals surface area (Å²) in [4.78, 5) is 20.4. The van der Waals surface area contributed by atoms with E-state index in [1.807, 2.05) is 72.8 Å². The Morgan fingerprint density at radius 2 is 1.58 bits per heavy atom. The van der Waals surface area contributed by atoms with E-state index in [1.54, 1.807) is 36.7 Å². The van der Waals surface area contributed by atoms with Gasteiger partial charge in [0.15, 0.2) is 0 Å². The average Bonchev–Trinajstić information content (AvgIpc) is 2.94. The normalized spacial score (nSPS) is 11.2. The molecule has 6 nitrogen and oxygen atoms in total. The number of pyridine rings is 2. The second-order valence-electron chi connectivity index (χ2n) is 8.57. The second kappa shape index (κ2) is 11.0. The zero-order valence-electron chi connectivity index (χ0n) is 20.2. The van der Waals surface area contributed by atoms with Gasteiger partial charge in [-0.1, -0.05) is 60.1 Å². The van der Waals surface area contributed by atoms with E-state index in [1.165, 1.54) is 0 Å². The first-order valence-corrected chi connectivity index (χ1v) is 12.2. The van der Waals surface area contributed by atoms with Crippen molar-refractivity contribution in [3.8, 4) is 22.3 Å². The highest BCUT2D eigenvalue weighted by Crippen LogP contribution is 2.31. The lowest BCUT2D eigenvalue weighted by atomic mass is 9.98. The summed E-state index contributed by atoms with van der Waals surface area (Å²) in [6.45, 7) is 0. The third-order valence-corrected chi connectivity index (χ3v) is 6.22. The van der Waals surface area contributed by atoms with Crippen LogP contribution in [0.2, 0.25) is 5.02 Å². The molecule has 0 radical (unpaired) electrons. The molecule has 0 saturated carbocycles. The van der Waals surface area contributed by atoms with Crippen LogP contribution < -0.4 is 11.1 Å². The molecule has 5 rings (SSSR count). The molecule has 0 bridgehead atoms. The molecule has 2 aromatic heterocycles. The number of carboxylic acid groups (broad SMARTS) is 1. The Kier molecular flexibility index (Phi) is 7.15. The van der Waals surface area contributed by atoms with E-state index in [4.69, 9.17) is 27.4 Å². The smallest absolute Gasteiger partial charge is 0.409 e. The number of nitrogens with zero attached hydrogens (tertiary/aromatic N) is 2. The number of anilines is 2. The molecule has 0 saturated heterocycles. The fourth-order valence-electron chi connectivity index (χ4n) is 4.11. The van der Waals surface area contributed by atoms with Crippen molar-refractivity contribution in [1.82, 2.24) is 9.97 Å². The molecule has 0 aliphatic carbocycles. The quantitative estimate of drug-likeness (QED) is 0.200. The zero-order chi connectivity index (χ0) is 26.5. The first kappa shape index (κ1) is 24.7. The number of hydrogen-bond acceptors (Lipinski definition) is 4. The lowest BCUT2D eigenvalue weighted by Crippen LogP contribution is -2.06. The summed E-state index contributed by atoms with van der Waals surface area (Å²) in [5, 5.41) is 11.9. The maximum absolute atomic E-state index is 10.9. The Hall–Kier alpha value is -4.94. The predicted octanol–water partition coefficient (Wildman–Crippen LogP) is 7.73. The molecule has 2 heterocycles. The van der Waals surface area contributed by atoms with Crippen LogP contribution in [0.3, 0.4) is 0 Å². The van der Waals surface area contributed by atoms with E-state index in [0.29, 0.717) is 16.4 Å². The Morgan fingerprint density at radius 3 is 2.29 bits per heavy atom. The number of nitrogens with two attached hydrogens (primary N) is 1. The Morgan fingerprint density at radius 1 is 0.816 bits per heavy atom. The minimum absolute atomic E-state index is 0.504. The first-order chi connectivity index (χ1) is 18.5. The van der Waals surface area contributed by atoms with E-state index in [0.717, 1.165) is 44.8 Å². The Balaban J connectivity index is 1.54. The van der Waals surface area contributed by atoms with Gasteiger partial charge in [0, 0.05) is 45.5 Å².